The van der Waals surface area contributed by atoms with Crippen molar-refractivity contribution in [2.45, 2.75) is 6.54 Å². The minimum Gasteiger partial charge on any atom is -0.348 e. The Labute approximate surface area is 170 Å². The van der Waals surface area contributed by atoms with Crippen molar-refractivity contribution in [1.29, 1.82) is 0 Å². The number of rotatable bonds is 6. The van der Waals surface area contributed by atoms with Crippen LogP contribution in [0.3, 0.4) is 0 Å². The first-order valence-electron chi connectivity index (χ1n) is 9.02. The Morgan fingerprint density at radius 3 is 2.37 bits per heavy atom. The second-order valence-corrected chi connectivity index (χ2v) is 6.47. The fraction of sp³-hybridized carbons (Fsp3) is 0.0476. The molecule has 8 nitrogen and oxygen atoms in total. The molecule has 2 heterocycles. The minimum atomic E-state index is -0.477. The average Bonchev–Trinajstić information content (AvgIpc) is 3.42. The molecule has 0 aliphatic rings. The largest absolute Gasteiger partial charge is 0.348 e. The molecule has 2 aromatic heterocycles. The van der Waals surface area contributed by atoms with Crippen LogP contribution in [0, 0.1) is 15.9 Å². The molecule has 30 heavy (non-hydrogen) atoms. The van der Waals surface area contributed by atoms with Gasteiger partial charge in [0, 0.05) is 31.1 Å². The highest BCUT2D eigenvalue weighted by atomic mass is 19.1. The highest BCUT2D eigenvalue weighted by Gasteiger charge is 2.20. The van der Waals surface area contributed by atoms with Gasteiger partial charge in [0.15, 0.2) is 5.82 Å². The third-order valence-electron chi connectivity index (χ3n) is 4.51. The number of nitrogens with one attached hydrogen (secondary N) is 1. The smallest absolute Gasteiger partial charge is 0.269 e. The number of hydrogen-bond donors (Lipinski definition) is 1. The number of hydrogen-bond acceptors (Lipinski definition) is 4. The number of non-ortho nitro benzene ring substituents is 1. The third kappa shape index (κ3) is 3.81. The van der Waals surface area contributed by atoms with Crippen molar-refractivity contribution in [3.63, 3.8) is 0 Å². The van der Waals surface area contributed by atoms with Crippen LogP contribution in [-0.4, -0.2) is 25.2 Å². The van der Waals surface area contributed by atoms with Crippen LogP contribution in [0.1, 0.15) is 15.9 Å². The van der Waals surface area contributed by atoms with Gasteiger partial charge in [0.1, 0.15) is 11.4 Å². The Balaban J connectivity index is 1.61. The van der Waals surface area contributed by atoms with Gasteiger partial charge in [0.25, 0.3) is 11.6 Å². The van der Waals surface area contributed by atoms with Gasteiger partial charge in [0.05, 0.1) is 16.8 Å². The molecule has 9 heteroatoms. The van der Waals surface area contributed by atoms with E-state index in [9.17, 15) is 19.3 Å². The minimum absolute atomic E-state index is 0.0134. The van der Waals surface area contributed by atoms with E-state index in [1.165, 1.54) is 30.5 Å². The number of nitro groups is 1. The molecule has 0 saturated carbocycles. The summed E-state index contributed by atoms with van der Waals surface area (Å²) in [6.07, 6.45) is 5.01. The Kier molecular flexibility index (Phi) is 5.08. The lowest BCUT2D eigenvalue weighted by Crippen LogP contribution is -2.24. The number of nitrogens with zero attached hydrogens (tertiary/aromatic N) is 4. The van der Waals surface area contributed by atoms with E-state index in [0.717, 1.165) is 5.56 Å². The molecule has 4 rings (SSSR count). The maximum absolute atomic E-state index is 13.3. The zero-order valence-electron chi connectivity index (χ0n) is 15.6. The lowest BCUT2D eigenvalue weighted by Gasteiger charge is -2.11. The van der Waals surface area contributed by atoms with Crippen molar-refractivity contribution in [1.82, 2.24) is 19.7 Å². The van der Waals surface area contributed by atoms with Gasteiger partial charge < -0.3 is 9.88 Å². The third-order valence-corrected chi connectivity index (χ3v) is 4.51. The lowest BCUT2D eigenvalue weighted by atomic mass is 10.2. The first kappa shape index (κ1) is 19.1. The molecule has 2 aromatic carbocycles. The van der Waals surface area contributed by atoms with Gasteiger partial charge in [-0.3, -0.25) is 14.9 Å². The molecule has 0 unspecified atom stereocenters. The Bertz CT molecular complexity index is 1180. The molecule has 0 radical (unpaired) electrons. The fourth-order valence-corrected chi connectivity index (χ4v) is 3.01. The van der Waals surface area contributed by atoms with E-state index in [2.05, 4.69) is 10.4 Å². The standard InChI is InChI=1S/C21H16FN5O3/c22-16-5-9-17(10-6-16)26-21(25-11-1-2-12-25)19(14-24-26)20(28)23-13-15-3-7-18(8-4-15)27(29)30/h1-12,14H,13H2,(H,23,28). The molecule has 1 N–H and O–H groups in total. The second kappa shape index (κ2) is 8.00. The normalized spacial score (nSPS) is 10.7. The molecule has 4 aromatic rings. The topological polar surface area (TPSA) is 95.0 Å². The summed E-state index contributed by atoms with van der Waals surface area (Å²) in [4.78, 5) is 23.1. The van der Waals surface area contributed by atoms with Crippen LogP contribution in [0.25, 0.3) is 11.5 Å². The van der Waals surface area contributed by atoms with Crippen LogP contribution in [0.5, 0.6) is 0 Å². The van der Waals surface area contributed by atoms with E-state index < -0.39 is 4.92 Å². The Morgan fingerprint density at radius 2 is 1.73 bits per heavy atom. The zero-order valence-corrected chi connectivity index (χ0v) is 15.6. The number of carbonyl (C=O) groups is 1. The monoisotopic (exact) mass is 405 g/mol. The molecule has 0 aliphatic carbocycles. The van der Waals surface area contributed by atoms with Crippen molar-refractivity contribution in [3.05, 3.63) is 106 Å². The van der Waals surface area contributed by atoms with Gasteiger partial charge in [0.2, 0.25) is 0 Å². The summed E-state index contributed by atoms with van der Waals surface area (Å²) in [6, 6.07) is 15.4. The predicted molar refractivity (Wildman–Crippen MR) is 107 cm³/mol. The highest BCUT2D eigenvalue weighted by Crippen LogP contribution is 2.20. The second-order valence-electron chi connectivity index (χ2n) is 6.47. The molecular formula is C21H16FN5O3. The molecule has 1 amide bonds. The highest BCUT2D eigenvalue weighted by molar-refractivity contribution is 5.97. The van der Waals surface area contributed by atoms with Crippen molar-refractivity contribution in [3.8, 4) is 11.5 Å². The Morgan fingerprint density at radius 1 is 1.07 bits per heavy atom. The number of aromatic nitrogens is 3. The quantitative estimate of drug-likeness (QED) is 0.391. The first-order valence-corrected chi connectivity index (χ1v) is 9.02. The van der Waals surface area contributed by atoms with E-state index >= 15 is 0 Å². The summed E-state index contributed by atoms with van der Waals surface area (Å²) in [6.45, 7) is 0.198. The Hall–Kier alpha value is -4.27. The van der Waals surface area contributed by atoms with E-state index in [0.29, 0.717) is 17.1 Å². The molecular weight excluding hydrogens is 389 g/mol. The molecule has 150 valence electrons. The van der Waals surface area contributed by atoms with Crippen LogP contribution in [0.15, 0.2) is 79.3 Å². The van der Waals surface area contributed by atoms with Gasteiger partial charge in [-0.2, -0.15) is 5.10 Å². The van der Waals surface area contributed by atoms with Gasteiger partial charge in [-0.15, -0.1) is 0 Å². The maximum atomic E-state index is 13.3. The van der Waals surface area contributed by atoms with Crippen LogP contribution < -0.4 is 5.32 Å². The number of amides is 1. The molecule has 0 bridgehead atoms. The van der Waals surface area contributed by atoms with Crippen LogP contribution >= 0.6 is 0 Å². The summed E-state index contributed by atoms with van der Waals surface area (Å²) in [5, 5.41) is 17.9. The van der Waals surface area contributed by atoms with Crippen LogP contribution in [0.4, 0.5) is 10.1 Å². The van der Waals surface area contributed by atoms with Crippen molar-refractivity contribution in [2.75, 3.05) is 0 Å². The summed E-state index contributed by atoms with van der Waals surface area (Å²) in [5.74, 6) is -0.215. The number of carbonyl (C=O) groups excluding carboxylic acids is 1. The zero-order chi connectivity index (χ0) is 21.1. The van der Waals surface area contributed by atoms with Crippen molar-refractivity contribution < 1.29 is 14.1 Å². The predicted octanol–water partition coefficient (Wildman–Crippen LogP) is 3.64. The number of halogens is 1. The maximum Gasteiger partial charge on any atom is 0.269 e. The van der Waals surface area contributed by atoms with Crippen LogP contribution in [0.2, 0.25) is 0 Å². The van der Waals surface area contributed by atoms with E-state index in [4.69, 9.17) is 0 Å². The first-order chi connectivity index (χ1) is 14.5. The van der Waals surface area contributed by atoms with E-state index in [1.807, 2.05) is 12.1 Å². The van der Waals surface area contributed by atoms with Crippen molar-refractivity contribution >= 4 is 11.6 Å². The van der Waals surface area contributed by atoms with Gasteiger partial charge >= 0.3 is 0 Å². The summed E-state index contributed by atoms with van der Waals surface area (Å²) >= 11 is 0. The van der Waals surface area contributed by atoms with E-state index in [-0.39, 0.29) is 24.0 Å². The number of nitro benzene ring substituents is 1. The molecule has 0 aliphatic heterocycles. The summed E-state index contributed by atoms with van der Waals surface area (Å²) < 4.78 is 16.6. The number of benzene rings is 2. The molecule has 0 atom stereocenters. The fourth-order valence-electron chi connectivity index (χ4n) is 3.01. The SMILES string of the molecule is O=C(NCc1ccc([N+](=O)[O-])cc1)c1cnn(-c2ccc(F)cc2)c1-n1cccc1. The lowest BCUT2D eigenvalue weighted by molar-refractivity contribution is -0.384. The summed E-state index contributed by atoms with van der Waals surface area (Å²) in [7, 11) is 0. The van der Waals surface area contributed by atoms with Crippen LogP contribution in [-0.2, 0) is 6.54 Å². The van der Waals surface area contributed by atoms with Crippen molar-refractivity contribution in [2.24, 2.45) is 0 Å². The molecule has 0 fully saturated rings. The molecule has 0 saturated heterocycles. The molecule has 0 spiro atoms. The summed E-state index contributed by atoms with van der Waals surface area (Å²) in [5.41, 5.74) is 1.65. The van der Waals surface area contributed by atoms with Gasteiger partial charge in [-0.1, -0.05) is 12.1 Å². The van der Waals surface area contributed by atoms with Gasteiger partial charge in [-0.25, -0.2) is 9.07 Å². The van der Waals surface area contributed by atoms with Gasteiger partial charge in [-0.05, 0) is 42.0 Å². The average molecular weight is 405 g/mol. The van der Waals surface area contributed by atoms with E-state index in [1.54, 1.807) is 45.9 Å².